The van der Waals surface area contributed by atoms with Crippen LogP contribution in [0.1, 0.15) is 39.7 Å². The molecule has 6 nitrogen and oxygen atoms in total. The van der Waals surface area contributed by atoms with Gasteiger partial charge in [-0.1, -0.05) is 79.3 Å². The van der Waals surface area contributed by atoms with Crippen LogP contribution in [0, 0.1) is 5.92 Å². The minimum atomic E-state index is 0.0712. The van der Waals surface area contributed by atoms with Gasteiger partial charge in [0.2, 0.25) is 5.95 Å². The zero-order chi connectivity index (χ0) is 23.8. The van der Waals surface area contributed by atoms with Gasteiger partial charge in [-0.05, 0) is 36.3 Å². The summed E-state index contributed by atoms with van der Waals surface area (Å²) in [5.74, 6) is 1.72. The molecule has 1 atom stereocenters. The highest BCUT2D eigenvalue weighted by molar-refractivity contribution is 7.99. The topological polar surface area (TPSA) is 72.2 Å². The molecule has 8 heteroatoms. The van der Waals surface area contributed by atoms with Gasteiger partial charge in [-0.15, -0.1) is 21.5 Å². The Balaban J connectivity index is 1.41. The number of benzene rings is 2. The Bertz CT molecular complexity index is 1510. The number of anilines is 1. The molecule has 0 amide bonds. The van der Waals surface area contributed by atoms with E-state index in [1.807, 2.05) is 52.9 Å². The van der Waals surface area contributed by atoms with Gasteiger partial charge in [0.1, 0.15) is 4.83 Å². The van der Waals surface area contributed by atoms with Crippen molar-refractivity contribution in [3.8, 4) is 0 Å². The second-order valence-corrected chi connectivity index (χ2v) is 11.1. The molecule has 1 N–H and O–H groups in total. The van der Waals surface area contributed by atoms with Crippen molar-refractivity contribution < 1.29 is 4.79 Å². The predicted octanol–water partition coefficient (Wildman–Crippen LogP) is 6.05. The molecule has 5 aromatic rings. The second kappa shape index (κ2) is 9.43. The number of ketones is 1. The van der Waals surface area contributed by atoms with E-state index in [9.17, 15) is 4.79 Å². The SMILES string of the molecule is CC1CCc2sc3nc(NCc4ccccc4)n4c(SCC(=O)c5ccccc5)nnc4c3c2C1. The number of fused-ring (bicyclic) bond motifs is 5. The minimum absolute atomic E-state index is 0.0712. The molecule has 0 spiro atoms. The van der Waals surface area contributed by atoms with Crippen LogP contribution in [0.5, 0.6) is 0 Å². The molecule has 2 aromatic carbocycles. The van der Waals surface area contributed by atoms with Crippen LogP contribution in [-0.4, -0.2) is 31.1 Å². The summed E-state index contributed by atoms with van der Waals surface area (Å²) < 4.78 is 2.00. The van der Waals surface area contributed by atoms with E-state index in [0.717, 1.165) is 28.7 Å². The Kier molecular flexibility index (Phi) is 6.00. The molecule has 1 aliphatic carbocycles. The van der Waals surface area contributed by atoms with Crippen LogP contribution in [0.25, 0.3) is 15.9 Å². The highest BCUT2D eigenvalue weighted by atomic mass is 32.2. The second-order valence-electron chi connectivity index (χ2n) is 9.03. The van der Waals surface area contributed by atoms with Crippen molar-refractivity contribution in [3.63, 3.8) is 0 Å². The lowest BCUT2D eigenvalue weighted by atomic mass is 9.89. The Morgan fingerprint density at radius 2 is 1.89 bits per heavy atom. The Morgan fingerprint density at radius 1 is 1.11 bits per heavy atom. The van der Waals surface area contributed by atoms with E-state index in [0.29, 0.717) is 34.9 Å². The fraction of sp³-hybridized carbons (Fsp3) is 0.259. The predicted molar refractivity (Wildman–Crippen MR) is 143 cm³/mol. The van der Waals surface area contributed by atoms with Gasteiger partial charge in [-0.25, -0.2) is 9.38 Å². The van der Waals surface area contributed by atoms with E-state index >= 15 is 0 Å². The van der Waals surface area contributed by atoms with Crippen LogP contribution in [0.3, 0.4) is 0 Å². The summed E-state index contributed by atoms with van der Waals surface area (Å²) >= 11 is 3.19. The molecule has 0 saturated carbocycles. The largest absolute Gasteiger partial charge is 0.351 e. The van der Waals surface area contributed by atoms with Crippen molar-refractivity contribution in [2.24, 2.45) is 5.92 Å². The number of rotatable bonds is 7. The lowest BCUT2D eigenvalue weighted by Gasteiger charge is -2.18. The van der Waals surface area contributed by atoms with Crippen molar-refractivity contribution in [1.82, 2.24) is 19.6 Å². The van der Waals surface area contributed by atoms with Gasteiger partial charge in [-0.3, -0.25) is 4.79 Å². The molecule has 6 rings (SSSR count). The van der Waals surface area contributed by atoms with E-state index in [1.54, 1.807) is 11.3 Å². The van der Waals surface area contributed by atoms with Gasteiger partial charge in [-0.2, -0.15) is 0 Å². The smallest absolute Gasteiger partial charge is 0.212 e. The van der Waals surface area contributed by atoms with Gasteiger partial charge in [0.05, 0.1) is 11.1 Å². The summed E-state index contributed by atoms with van der Waals surface area (Å²) in [6.07, 6.45) is 3.35. The van der Waals surface area contributed by atoms with Crippen LogP contribution in [0.2, 0.25) is 0 Å². The summed E-state index contributed by atoms with van der Waals surface area (Å²) in [4.78, 5) is 20.3. The average molecular weight is 500 g/mol. The molecule has 1 unspecified atom stereocenters. The molecular weight excluding hydrogens is 474 g/mol. The van der Waals surface area contributed by atoms with Gasteiger partial charge in [0, 0.05) is 17.0 Å². The minimum Gasteiger partial charge on any atom is -0.351 e. The number of thioether (sulfide) groups is 1. The summed E-state index contributed by atoms with van der Waals surface area (Å²) in [6.45, 7) is 2.95. The van der Waals surface area contributed by atoms with Gasteiger partial charge in [0.25, 0.3) is 0 Å². The lowest BCUT2D eigenvalue weighted by molar-refractivity contribution is 0.102. The summed E-state index contributed by atoms with van der Waals surface area (Å²) in [7, 11) is 0. The van der Waals surface area contributed by atoms with Gasteiger partial charge in [0.15, 0.2) is 16.6 Å². The number of carbonyl (C=O) groups is 1. The van der Waals surface area contributed by atoms with Crippen LogP contribution in [-0.2, 0) is 19.4 Å². The average Bonchev–Trinajstić information content (AvgIpc) is 3.48. The molecular formula is C27H25N5OS2. The number of aromatic nitrogens is 4. The number of hydrogen-bond acceptors (Lipinski definition) is 7. The molecule has 3 aromatic heterocycles. The first-order chi connectivity index (χ1) is 17.2. The number of nitrogens with zero attached hydrogens (tertiary/aromatic N) is 4. The summed E-state index contributed by atoms with van der Waals surface area (Å²) in [5.41, 5.74) is 4.08. The first-order valence-electron chi connectivity index (χ1n) is 11.9. The van der Waals surface area contributed by atoms with E-state index in [1.165, 1.54) is 34.2 Å². The molecule has 1 aliphatic rings. The van der Waals surface area contributed by atoms with E-state index < -0.39 is 0 Å². The number of aryl methyl sites for hydroxylation is 1. The molecule has 35 heavy (non-hydrogen) atoms. The van der Waals surface area contributed by atoms with Gasteiger partial charge < -0.3 is 5.32 Å². The van der Waals surface area contributed by atoms with Crippen molar-refractivity contribution >= 4 is 50.7 Å². The van der Waals surface area contributed by atoms with E-state index in [2.05, 4.69) is 34.6 Å². The Labute approximate surface area is 211 Å². The third-order valence-corrected chi connectivity index (χ3v) is 8.60. The van der Waals surface area contributed by atoms with Crippen molar-refractivity contribution in [1.29, 1.82) is 0 Å². The molecule has 0 aliphatic heterocycles. The Morgan fingerprint density at radius 3 is 2.69 bits per heavy atom. The fourth-order valence-corrected chi connectivity index (χ4v) is 6.69. The highest BCUT2D eigenvalue weighted by Crippen LogP contribution is 2.40. The van der Waals surface area contributed by atoms with Crippen LogP contribution >= 0.6 is 23.1 Å². The molecule has 0 radical (unpaired) electrons. The van der Waals surface area contributed by atoms with Crippen molar-refractivity contribution in [2.45, 2.75) is 37.9 Å². The third kappa shape index (κ3) is 4.32. The molecule has 0 fully saturated rings. The summed E-state index contributed by atoms with van der Waals surface area (Å²) in [5, 5.41) is 14.5. The standard InChI is InChI=1S/C27H25N5OS2/c1-17-12-13-22-20(14-17)23-24-30-31-27(34-16-21(33)19-10-6-3-7-11-19)32(24)26(29-25(23)35-22)28-15-18-8-4-2-5-9-18/h2-11,17H,12-16H2,1H3,(H,28,29). The number of nitrogens with one attached hydrogen (secondary N) is 1. The number of Topliss-reactive ketones (excluding diaryl/α,β-unsaturated/α-hetero) is 1. The van der Waals surface area contributed by atoms with Crippen LogP contribution < -0.4 is 5.32 Å². The fourth-order valence-electron chi connectivity index (χ4n) is 4.65. The maximum atomic E-state index is 12.8. The lowest BCUT2D eigenvalue weighted by Crippen LogP contribution is -2.10. The number of hydrogen-bond donors (Lipinski definition) is 1. The normalized spacial score (nSPS) is 15.4. The quantitative estimate of drug-likeness (QED) is 0.217. The highest BCUT2D eigenvalue weighted by Gasteiger charge is 2.26. The molecule has 0 bridgehead atoms. The van der Waals surface area contributed by atoms with Gasteiger partial charge >= 0.3 is 0 Å². The maximum Gasteiger partial charge on any atom is 0.212 e. The summed E-state index contributed by atoms with van der Waals surface area (Å²) in [6, 6.07) is 19.7. The first kappa shape index (κ1) is 22.2. The van der Waals surface area contributed by atoms with Crippen molar-refractivity contribution in [3.05, 3.63) is 82.2 Å². The first-order valence-corrected chi connectivity index (χ1v) is 13.7. The zero-order valence-corrected chi connectivity index (χ0v) is 21.0. The molecule has 0 saturated heterocycles. The number of carbonyl (C=O) groups excluding carboxylic acids is 1. The van der Waals surface area contributed by atoms with Crippen molar-refractivity contribution in [2.75, 3.05) is 11.1 Å². The molecule has 3 heterocycles. The Hall–Kier alpha value is -3.23. The van der Waals surface area contributed by atoms with Crippen LogP contribution in [0.15, 0.2) is 65.8 Å². The van der Waals surface area contributed by atoms with E-state index in [4.69, 9.17) is 4.98 Å². The maximum absolute atomic E-state index is 12.8. The van der Waals surface area contributed by atoms with Crippen LogP contribution in [0.4, 0.5) is 5.95 Å². The monoisotopic (exact) mass is 499 g/mol. The van der Waals surface area contributed by atoms with E-state index in [-0.39, 0.29) is 5.78 Å². The zero-order valence-electron chi connectivity index (χ0n) is 19.4. The number of thiophene rings is 1. The third-order valence-electron chi connectivity index (χ3n) is 6.49. The molecule has 176 valence electrons.